The molecule has 1 aromatic rings. The standard InChI is InChI=1S/C8H17N5O2/c1-14-6-7-15-5-3-2-4-13-8(9)10-11-12-13/h2-7H2,1H3,(H2,9,10,12). The van der Waals surface area contributed by atoms with Crippen LogP contribution in [0.1, 0.15) is 12.8 Å². The van der Waals surface area contributed by atoms with Crippen LogP contribution >= 0.6 is 0 Å². The number of tetrazole rings is 1. The summed E-state index contributed by atoms with van der Waals surface area (Å²) in [6.07, 6.45) is 1.91. The van der Waals surface area contributed by atoms with Gasteiger partial charge < -0.3 is 15.2 Å². The SMILES string of the molecule is COCCOCCCCn1nnnc1N. The molecule has 0 unspecified atom stereocenters. The maximum atomic E-state index is 5.50. The molecule has 0 bridgehead atoms. The van der Waals surface area contributed by atoms with Crippen LogP contribution in [0.25, 0.3) is 0 Å². The molecule has 0 spiro atoms. The Hall–Kier alpha value is -1.21. The summed E-state index contributed by atoms with van der Waals surface area (Å²) in [7, 11) is 1.66. The van der Waals surface area contributed by atoms with Crippen molar-refractivity contribution >= 4 is 5.95 Å². The summed E-state index contributed by atoms with van der Waals surface area (Å²) < 4.78 is 11.7. The Bertz CT molecular complexity index is 265. The lowest BCUT2D eigenvalue weighted by atomic mass is 10.3. The molecule has 0 fully saturated rings. The summed E-state index contributed by atoms with van der Waals surface area (Å²) in [6.45, 7) is 2.74. The van der Waals surface area contributed by atoms with Crippen molar-refractivity contribution in [3.8, 4) is 0 Å². The number of methoxy groups -OCH3 is 1. The van der Waals surface area contributed by atoms with Crippen LogP contribution in [0.5, 0.6) is 0 Å². The molecule has 0 aromatic carbocycles. The first-order valence-electron chi connectivity index (χ1n) is 4.93. The largest absolute Gasteiger partial charge is 0.382 e. The van der Waals surface area contributed by atoms with Crippen LogP contribution in [0.3, 0.4) is 0 Å². The lowest BCUT2D eigenvalue weighted by Crippen LogP contribution is -2.07. The molecule has 86 valence electrons. The average Bonchev–Trinajstić information content (AvgIpc) is 2.63. The van der Waals surface area contributed by atoms with Gasteiger partial charge in [-0.05, 0) is 23.3 Å². The predicted octanol–water partition coefficient (Wildman–Crippen LogP) is -0.301. The maximum absolute atomic E-state index is 5.50. The molecule has 0 aliphatic heterocycles. The first kappa shape index (κ1) is 11.9. The second-order valence-corrected chi connectivity index (χ2v) is 3.07. The van der Waals surface area contributed by atoms with E-state index in [4.69, 9.17) is 15.2 Å². The zero-order chi connectivity index (χ0) is 10.9. The fourth-order valence-corrected chi connectivity index (χ4v) is 1.08. The minimum atomic E-state index is 0.357. The van der Waals surface area contributed by atoms with Gasteiger partial charge in [0.2, 0.25) is 5.95 Å². The van der Waals surface area contributed by atoms with Crippen molar-refractivity contribution in [1.29, 1.82) is 0 Å². The van der Waals surface area contributed by atoms with E-state index in [1.54, 1.807) is 11.8 Å². The van der Waals surface area contributed by atoms with Gasteiger partial charge in [0, 0.05) is 20.3 Å². The number of aromatic nitrogens is 4. The molecule has 1 heterocycles. The van der Waals surface area contributed by atoms with E-state index < -0.39 is 0 Å². The minimum absolute atomic E-state index is 0.357. The average molecular weight is 215 g/mol. The Balaban J connectivity index is 1.96. The van der Waals surface area contributed by atoms with Gasteiger partial charge in [-0.15, -0.1) is 0 Å². The number of hydrogen-bond donors (Lipinski definition) is 1. The van der Waals surface area contributed by atoms with Crippen LogP contribution in [0.4, 0.5) is 5.95 Å². The smallest absolute Gasteiger partial charge is 0.240 e. The van der Waals surface area contributed by atoms with E-state index in [1.165, 1.54) is 0 Å². The summed E-state index contributed by atoms with van der Waals surface area (Å²) in [4.78, 5) is 0. The second-order valence-electron chi connectivity index (χ2n) is 3.07. The second kappa shape index (κ2) is 7.13. The van der Waals surface area contributed by atoms with Gasteiger partial charge in [-0.3, -0.25) is 0 Å². The molecule has 0 aliphatic rings. The van der Waals surface area contributed by atoms with Crippen molar-refractivity contribution in [3.05, 3.63) is 0 Å². The summed E-state index contributed by atoms with van der Waals surface area (Å²) >= 11 is 0. The lowest BCUT2D eigenvalue weighted by molar-refractivity contribution is 0.0683. The van der Waals surface area contributed by atoms with E-state index in [1.807, 2.05) is 0 Å². The van der Waals surface area contributed by atoms with Crippen LogP contribution in [-0.2, 0) is 16.0 Å². The summed E-state index contributed by atoms with van der Waals surface area (Å²) in [5.74, 6) is 0.357. The molecule has 7 heteroatoms. The van der Waals surface area contributed by atoms with Gasteiger partial charge in [-0.25, -0.2) is 4.68 Å². The fourth-order valence-electron chi connectivity index (χ4n) is 1.08. The molecule has 1 aromatic heterocycles. The van der Waals surface area contributed by atoms with Gasteiger partial charge in [-0.2, -0.15) is 0 Å². The summed E-state index contributed by atoms with van der Waals surface area (Å²) in [5.41, 5.74) is 5.50. The molecule has 0 atom stereocenters. The number of nitrogens with two attached hydrogens (primary N) is 1. The van der Waals surface area contributed by atoms with Gasteiger partial charge >= 0.3 is 0 Å². The zero-order valence-electron chi connectivity index (χ0n) is 8.93. The van der Waals surface area contributed by atoms with E-state index in [0.717, 1.165) is 26.0 Å². The fraction of sp³-hybridized carbons (Fsp3) is 0.875. The highest BCUT2D eigenvalue weighted by atomic mass is 16.5. The maximum Gasteiger partial charge on any atom is 0.240 e. The Labute approximate surface area is 88.5 Å². The molecule has 7 nitrogen and oxygen atoms in total. The third-order valence-electron chi connectivity index (χ3n) is 1.90. The van der Waals surface area contributed by atoms with Crippen molar-refractivity contribution in [2.24, 2.45) is 0 Å². The Morgan fingerprint density at radius 2 is 2.13 bits per heavy atom. The van der Waals surface area contributed by atoms with Crippen molar-refractivity contribution in [1.82, 2.24) is 20.2 Å². The highest BCUT2D eigenvalue weighted by molar-refractivity contribution is 5.09. The number of nitrogen functional groups attached to an aromatic ring is 1. The van der Waals surface area contributed by atoms with Crippen LogP contribution < -0.4 is 5.73 Å². The van der Waals surface area contributed by atoms with Crippen molar-refractivity contribution in [2.75, 3.05) is 32.7 Å². The van der Waals surface area contributed by atoms with Gasteiger partial charge in [-0.1, -0.05) is 5.10 Å². The molecule has 0 amide bonds. The van der Waals surface area contributed by atoms with Gasteiger partial charge in [0.25, 0.3) is 0 Å². The van der Waals surface area contributed by atoms with E-state index >= 15 is 0 Å². The van der Waals surface area contributed by atoms with E-state index in [9.17, 15) is 0 Å². The molecule has 2 N–H and O–H groups in total. The van der Waals surface area contributed by atoms with Crippen molar-refractivity contribution < 1.29 is 9.47 Å². The summed E-state index contributed by atoms with van der Waals surface area (Å²) in [5, 5.41) is 10.8. The van der Waals surface area contributed by atoms with Crippen LogP contribution in [-0.4, -0.2) is 47.1 Å². The normalized spacial score (nSPS) is 10.7. The summed E-state index contributed by atoms with van der Waals surface area (Å²) in [6, 6.07) is 0. The Morgan fingerprint density at radius 3 is 2.80 bits per heavy atom. The number of rotatable bonds is 8. The third kappa shape index (κ3) is 4.71. The number of unbranched alkanes of at least 4 members (excludes halogenated alkanes) is 1. The first-order valence-corrected chi connectivity index (χ1v) is 4.93. The molecular weight excluding hydrogens is 198 g/mol. The highest BCUT2D eigenvalue weighted by Crippen LogP contribution is 1.98. The lowest BCUT2D eigenvalue weighted by Gasteiger charge is -2.03. The Morgan fingerprint density at radius 1 is 1.27 bits per heavy atom. The van der Waals surface area contributed by atoms with Gasteiger partial charge in [0.15, 0.2) is 0 Å². The van der Waals surface area contributed by atoms with Crippen LogP contribution in [0.2, 0.25) is 0 Å². The molecule has 0 aliphatic carbocycles. The van der Waals surface area contributed by atoms with Crippen molar-refractivity contribution in [3.63, 3.8) is 0 Å². The van der Waals surface area contributed by atoms with E-state index in [0.29, 0.717) is 19.2 Å². The molecular formula is C8H17N5O2. The molecule has 0 saturated carbocycles. The highest BCUT2D eigenvalue weighted by Gasteiger charge is 1.99. The first-order chi connectivity index (χ1) is 7.34. The van der Waals surface area contributed by atoms with Gasteiger partial charge in [0.05, 0.1) is 13.2 Å². The molecule has 0 radical (unpaired) electrons. The zero-order valence-corrected chi connectivity index (χ0v) is 8.93. The van der Waals surface area contributed by atoms with Crippen LogP contribution in [0, 0.1) is 0 Å². The third-order valence-corrected chi connectivity index (χ3v) is 1.90. The number of ether oxygens (including phenoxy) is 2. The number of anilines is 1. The van der Waals surface area contributed by atoms with Crippen molar-refractivity contribution in [2.45, 2.75) is 19.4 Å². The molecule has 0 saturated heterocycles. The number of aryl methyl sites for hydroxylation is 1. The van der Waals surface area contributed by atoms with E-state index in [2.05, 4.69) is 15.5 Å². The molecule has 15 heavy (non-hydrogen) atoms. The number of hydrogen-bond acceptors (Lipinski definition) is 6. The predicted molar refractivity (Wildman–Crippen MR) is 54.2 cm³/mol. The molecule has 1 rings (SSSR count). The van der Waals surface area contributed by atoms with E-state index in [-0.39, 0.29) is 0 Å². The quantitative estimate of drug-likeness (QED) is 0.599. The van der Waals surface area contributed by atoms with Gasteiger partial charge in [0.1, 0.15) is 0 Å². The topological polar surface area (TPSA) is 88.1 Å². The minimum Gasteiger partial charge on any atom is -0.382 e. The van der Waals surface area contributed by atoms with Crippen LogP contribution in [0.15, 0.2) is 0 Å². The Kier molecular flexibility index (Phi) is 5.64. The number of nitrogens with zero attached hydrogens (tertiary/aromatic N) is 4. The monoisotopic (exact) mass is 215 g/mol.